The molecule has 0 aliphatic carbocycles. The summed E-state index contributed by atoms with van der Waals surface area (Å²) in [5.74, 6) is -1.87. The van der Waals surface area contributed by atoms with Gasteiger partial charge in [-0.2, -0.15) is 4.98 Å². The Morgan fingerprint density at radius 1 is 1.29 bits per heavy atom. The minimum absolute atomic E-state index is 0. The first kappa shape index (κ1) is 23.4. The van der Waals surface area contributed by atoms with E-state index in [-0.39, 0.29) is 41.2 Å². The number of anilines is 3. The first-order chi connectivity index (χ1) is 13.0. The van der Waals surface area contributed by atoms with Crippen molar-refractivity contribution >= 4 is 29.3 Å². The predicted molar refractivity (Wildman–Crippen MR) is 95.1 cm³/mol. The van der Waals surface area contributed by atoms with Crippen LogP contribution in [0.2, 0.25) is 0 Å². The summed E-state index contributed by atoms with van der Waals surface area (Å²) in [6.45, 7) is 0.854. The van der Waals surface area contributed by atoms with Crippen LogP contribution in [0.5, 0.6) is 5.88 Å². The van der Waals surface area contributed by atoms with Crippen LogP contribution in [0.4, 0.5) is 22.1 Å². The molecule has 2 aromatic rings. The summed E-state index contributed by atoms with van der Waals surface area (Å²) in [6.07, 6.45) is -0.319. The van der Waals surface area contributed by atoms with Crippen molar-refractivity contribution in [3.05, 3.63) is 36.5 Å². The second kappa shape index (κ2) is 12.0. The van der Waals surface area contributed by atoms with Gasteiger partial charge in [0.25, 0.3) is 0 Å². The Kier molecular flexibility index (Phi) is 10.0. The normalized spacial score (nSPS) is 10.9. The number of carbonyl (C=O) groups excluding carboxylic acids is 2. The van der Waals surface area contributed by atoms with Gasteiger partial charge in [-0.1, -0.05) is 18.2 Å². The third-order valence-electron chi connectivity index (χ3n) is 3.20. The van der Waals surface area contributed by atoms with Crippen LogP contribution in [-0.2, 0) is 9.53 Å². The minimum Gasteiger partial charge on any atom is -0.546 e. The molecule has 0 saturated heterocycles. The number of ether oxygens (including phenoxy) is 1. The number of aromatic nitrogens is 2. The van der Waals surface area contributed by atoms with Gasteiger partial charge in [-0.25, -0.2) is 9.78 Å². The average molecular weight is 398 g/mol. The molecular weight excluding hydrogens is 379 g/mol. The number of nitrogens with zero attached hydrogens (tertiary/aromatic N) is 2. The van der Waals surface area contributed by atoms with Crippen molar-refractivity contribution in [2.24, 2.45) is 0 Å². The molecule has 28 heavy (non-hydrogen) atoms. The fourth-order valence-electron chi connectivity index (χ4n) is 1.96. The third kappa shape index (κ3) is 7.56. The molecule has 2 rings (SSSR count). The van der Waals surface area contributed by atoms with Crippen molar-refractivity contribution in [3.8, 4) is 5.88 Å². The molecular formula is C16H19N6NaO5. The Morgan fingerprint density at radius 3 is 2.61 bits per heavy atom. The number of hydrogen-bond donors (Lipinski definition) is 5. The number of aliphatic carboxylic acids is 1. The van der Waals surface area contributed by atoms with Crippen LogP contribution in [0, 0.1) is 0 Å². The summed E-state index contributed by atoms with van der Waals surface area (Å²) in [5, 5.41) is 30.9. The third-order valence-corrected chi connectivity index (χ3v) is 3.20. The molecule has 1 aromatic heterocycles. The zero-order valence-electron chi connectivity index (χ0n) is 15.4. The van der Waals surface area contributed by atoms with E-state index in [0.717, 1.165) is 0 Å². The molecule has 5 N–H and O–H groups in total. The number of rotatable bonds is 9. The van der Waals surface area contributed by atoms with Gasteiger partial charge in [0.1, 0.15) is 11.9 Å². The van der Waals surface area contributed by atoms with Gasteiger partial charge in [0, 0.05) is 19.3 Å². The van der Waals surface area contributed by atoms with E-state index >= 15 is 0 Å². The maximum absolute atomic E-state index is 12.0. The summed E-state index contributed by atoms with van der Waals surface area (Å²) in [5.41, 5.74) is 0.381. The number of amides is 2. The fourth-order valence-corrected chi connectivity index (χ4v) is 1.96. The largest absolute Gasteiger partial charge is 1.00 e. The summed E-state index contributed by atoms with van der Waals surface area (Å²) >= 11 is 0. The van der Waals surface area contributed by atoms with Crippen LogP contribution >= 0.6 is 0 Å². The van der Waals surface area contributed by atoms with Gasteiger partial charge in [-0.05, 0) is 12.1 Å². The number of hydrogen-bond acceptors (Lipinski definition) is 9. The van der Waals surface area contributed by atoms with Crippen molar-refractivity contribution in [2.75, 3.05) is 36.2 Å². The predicted octanol–water partition coefficient (Wildman–Crippen LogP) is -3.45. The molecule has 0 aliphatic rings. The van der Waals surface area contributed by atoms with Crippen molar-refractivity contribution < 1.29 is 54.1 Å². The Labute approximate surface area is 183 Å². The Bertz CT molecular complexity index is 779. The van der Waals surface area contributed by atoms with E-state index in [9.17, 15) is 19.8 Å². The number of methoxy groups -OCH3 is 1. The quantitative estimate of drug-likeness (QED) is 0.164. The number of urea groups is 1. The Balaban J connectivity index is 0.00000392. The molecule has 0 spiro atoms. The molecule has 0 unspecified atom stereocenters. The van der Waals surface area contributed by atoms with Gasteiger partial charge in [-0.15, -0.1) is 0 Å². The van der Waals surface area contributed by atoms with Gasteiger partial charge in [0.15, 0.2) is 0 Å². The van der Waals surface area contributed by atoms with Crippen molar-refractivity contribution in [1.29, 1.82) is 0 Å². The number of para-hydroxylation sites is 1. The van der Waals surface area contributed by atoms with E-state index in [4.69, 9.17) is 4.74 Å². The van der Waals surface area contributed by atoms with E-state index in [2.05, 4.69) is 31.2 Å². The summed E-state index contributed by atoms with van der Waals surface area (Å²) in [6, 6.07) is 7.52. The van der Waals surface area contributed by atoms with Gasteiger partial charge in [-0.3, -0.25) is 0 Å². The first-order valence-electron chi connectivity index (χ1n) is 7.88. The summed E-state index contributed by atoms with van der Waals surface area (Å²) in [4.78, 5) is 30.9. The van der Waals surface area contributed by atoms with E-state index in [1.165, 1.54) is 13.3 Å². The standard InChI is InChI=1S/C16H20N6O5.Na/c1-27-8-7-17-15-18-9-11(13(23)22-15)20-16(26)21-12(14(24)25)19-10-5-3-2-4-6-10;/h2-6,9,12,19H,7-8H2,1H3,(H,24,25)(H2,20,21,26)(H2,17,18,22,23);/q;+1/p-1/t12-;/m0./s1. The van der Waals surface area contributed by atoms with E-state index in [0.29, 0.717) is 18.8 Å². The number of benzene rings is 1. The second-order valence-corrected chi connectivity index (χ2v) is 5.21. The van der Waals surface area contributed by atoms with Crippen LogP contribution in [0.3, 0.4) is 0 Å². The molecule has 1 heterocycles. The maximum Gasteiger partial charge on any atom is 1.00 e. The molecule has 0 aliphatic heterocycles. The zero-order valence-corrected chi connectivity index (χ0v) is 17.4. The first-order valence-corrected chi connectivity index (χ1v) is 7.88. The van der Waals surface area contributed by atoms with E-state index in [1.54, 1.807) is 30.3 Å². The van der Waals surface area contributed by atoms with Crippen molar-refractivity contribution in [3.63, 3.8) is 0 Å². The zero-order chi connectivity index (χ0) is 19.6. The smallest absolute Gasteiger partial charge is 0.546 e. The van der Waals surface area contributed by atoms with Crippen molar-refractivity contribution in [2.45, 2.75) is 6.17 Å². The summed E-state index contributed by atoms with van der Waals surface area (Å²) < 4.78 is 4.86. The molecule has 0 fully saturated rings. The molecule has 11 nitrogen and oxygen atoms in total. The van der Waals surface area contributed by atoms with Crippen LogP contribution < -0.4 is 55.9 Å². The van der Waals surface area contributed by atoms with Gasteiger partial charge < -0.3 is 41.0 Å². The van der Waals surface area contributed by atoms with E-state index in [1.807, 2.05) is 0 Å². The molecule has 1 aromatic carbocycles. The molecule has 0 radical (unpaired) electrons. The van der Waals surface area contributed by atoms with Crippen LogP contribution in [0.1, 0.15) is 0 Å². The monoisotopic (exact) mass is 398 g/mol. The summed E-state index contributed by atoms with van der Waals surface area (Å²) in [7, 11) is 1.54. The number of carboxylic acids is 1. The van der Waals surface area contributed by atoms with Gasteiger partial charge in [0.2, 0.25) is 11.8 Å². The number of carboxylic acid groups (broad SMARTS) is 1. The SMILES string of the molecule is COCCNc1ncc(NC(=O)N[C@H](Nc2ccccc2)C(=O)[O-])c(O)n1.[Na+]. The number of aromatic hydroxyl groups is 1. The molecule has 1 atom stereocenters. The van der Waals surface area contributed by atoms with Gasteiger partial charge >= 0.3 is 35.6 Å². The molecule has 144 valence electrons. The molecule has 0 saturated carbocycles. The maximum atomic E-state index is 12.0. The van der Waals surface area contributed by atoms with Crippen LogP contribution in [0.25, 0.3) is 0 Å². The average Bonchev–Trinajstić information content (AvgIpc) is 2.64. The Morgan fingerprint density at radius 2 is 2.00 bits per heavy atom. The topological polar surface area (TPSA) is 161 Å². The van der Waals surface area contributed by atoms with Crippen LogP contribution in [0.15, 0.2) is 36.5 Å². The Hall–Kier alpha value is -2.60. The fraction of sp³-hybridized carbons (Fsp3) is 0.250. The number of carbonyl (C=O) groups is 2. The van der Waals surface area contributed by atoms with Crippen LogP contribution in [-0.4, -0.2) is 53.5 Å². The number of nitrogens with one attached hydrogen (secondary N) is 4. The van der Waals surface area contributed by atoms with E-state index < -0.39 is 24.0 Å². The minimum atomic E-state index is -1.54. The second-order valence-electron chi connectivity index (χ2n) is 5.21. The molecule has 12 heteroatoms. The van der Waals surface area contributed by atoms with Gasteiger partial charge in [0.05, 0.1) is 18.8 Å². The molecule has 2 amide bonds. The molecule has 0 bridgehead atoms. The van der Waals surface area contributed by atoms with Crippen molar-refractivity contribution in [1.82, 2.24) is 15.3 Å².